The average Bonchev–Trinajstić information content (AvgIpc) is 3.26. The maximum Gasteiger partial charge on any atom is 0.413 e. The van der Waals surface area contributed by atoms with E-state index in [0.717, 1.165) is 14.9 Å². The molecule has 0 atom stereocenters. The van der Waals surface area contributed by atoms with E-state index in [4.69, 9.17) is 9.84 Å². The van der Waals surface area contributed by atoms with E-state index in [1.165, 1.54) is 6.20 Å². The van der Waals surface area contributed by atoms with E-state index in [9.17, 15) is 9.59 Å². The van der Waals surface area contributed by atoms with Crippen molar-refractivity contribution in [3.63, 3.8) is 0 Å². The van der Waals surface area contributed by atoms with Crippen LogP contribution in [-0.2, 0) is 4.74 Å². The van der Waals surface area contributed by atoms with Gasteiger partial charge in [0, 0.05) is 6.20 Å². The van der Waals surface area contributed by atoms with Gasteiger partial charge in [-0.2, -0.15) is 0 Å². The van der Waals surface area contributed by atoms with Crippen LogP contribution in [0.15, 0.2) is 58.0 Å². The van der Waals surface area contributed by atoms with Crippen molar-refractivity contribution in [1.82, 2.24) is 18.8 Å². The topological polar surface area (TPSA) is 110 Å². The third-order valence-corrected chi connectivity index (χ3v) is 5.03. The zero-order chi connectivity index (χ0) is 22.8. The van der Waals surface area contributed by atoms with Crippen LogP contribution < -0.4 is 5.32 Å². The van der Waals surface area contributed by atoms with Gasteiger partial charge in [0.25, 0.3) is 0 Å². The first kappa shape index (κ1) is 22.8. The normalized spacial score (nSPS) is 11.1. The van der Waals surface area contributed by atoms with Gasteiger partial charge in [0.2, 0.25) is 0 Å². The molecule has 0 saturated heterocycles. The lowest BCUT2D eigenvalue weighted by molar-refractivity contribution is 0.0633. The summed E-state index contributed by atoms with van der Waals surface area (Å²) < 4.78 is 10.3. The molecule has 0 fully saturated rings. The van der Waals surface area contributed by atoms with Gasteiger partial charge in [-0.1, -0.05) is 12.1 Å². The molecule has 4 aromatic heterocycles. The molecule has 0 bridgehead atoms. The van der Waals surface area contributed by atoms with E-state index in [-0.39, 0.29) is 5.69 Å². The number of anilines is 1. The zero-order valence-corrected chi connectivity index (χ0v) is 20.0. The first-order valence-corrected chi connectivity index (χ1v) is 10.6. The van der Waals surface area contributed by atoms with E-state index < -0.39 is 17.7 Å². The fourth-order valence-corrected chi connectivity index (χ4v) is 3.40. The Morgan fingerprint density at radius 1 is 0.968 bits per heavy atom. The Bertz CT molecular complexity index is 1260. The maximum atomic E-state index is 11.6. The summed E-state index contributed by atoms with van der Waals surface area (Å²) in [4.78, 5) is 30.4. The van der Waals surface area contributed by atoms with Gasteiger partial charge in [-0.3, -0.25) is 14.1 Å². The number of ether oxygens (including phenoxy) is 1. The number of carbonyl (C=O) groups is 2. The Balaban J connectivity index is 0.000000185. The van der Waals surface area contributed by atoms with Crippen LogP contribution in [0.1, 0.15) is 31.3 Å². The highest BCUT2D eigenvalue weighted by Gasteiger charge is 2.17. The minimum absolute atomic E-state index is 0.0481. The van der Waals surface area contributed by atoms with Crippen LogP contribution >= 0.6 is 31.9 Å². The lowest BCUT2D eigenvalue weighted by Crippen LogP contribution is -2.27. The van der Waals surface area contributed by atoms with Crippen LogP contribution in [0, 0.1) is 0 Å². The standard InChI is InChI=1S/C12H14BrN3O2.C8H5BrN2O2/c1-12(2,3)18-11(17)15-9-7-16-8(13)5-4-6-10(16)14-9;9-6-2-1-3-7-10-5(8(12)13)4-11(6)7/h4-7H,1-3H3,(H,15,17);1-4H,(H,12,13). The maximum absolute atomic E-state index is 11.6. The summed E-state index contributed by atoms with van der Waals surface area (Å²) >= 11 is 6.69. The number of pyridine rings is 2. The molecule has 9 nitrogen and oxygen atoms in total. The van der Waals surface area contributed by atoms with Crippen molar-refractivity contribution < 1.29 is 19.4 Å². The fourth-order valence-electron chi connectivity index (χ4n) is 2.53. The number of halogens is 2. The minimum Gasteiger partial charge on any atom is -0.476 e. The molecule has 4 heterocycles. The van der Waals surface area contributed by atoms with Crippen molar-refractivity contribution in [3.8, 4) is 0 Å². The summed E-state index contributed by atoms with van der Waals surface area (Å²) in [5, 5.41) is 11.3. The lowest BCUT2D eigenvalue weighted by atomic mass is 10.2. The van der Waals surface area contributed by atoms with Gasteiger partial charge in [-0.15, -0.1) is 0 Å². The summed E-state index contributed by atoms with van der Waals surface area (Å²) in [5.41, 5.74) is 0.887. The summed E-state index contributed by atoms with van der Waals surface area (Å²) in [6, 6.07) is 11.0. The minimum atomic E-state index is -1.02. The highest BCUT2D eigenvalue weighted by atomic mass is 79.9. The molecule has 0 spiro atoms. The Hall–Kier alpha value is -2.92. The van der Waals surface area contributed by atoms with Crippen LogP contribution in [0.25, 0.3) is 11.3 Å². The molecule has 1 amide bonds. The van der Waals surface area contributed by atoms with Crippen molar-refractivity contribution in [2.75, 3.05) is 5.32 Å². The largest absolute Gasteiger partial charge is 0.476 e. The summed E-state index contributed by atoms with van der Waals surface area (Å²) in [5.74, 6) is -0.563. The van der Waals surface area contributed by atoms with Gasteiger partial charge in [-0.05, 0) is 76.9 Å². The molecule has 0 aliphatic carbocycles. The highest BCUT2D eigenvalue weighted by Crippen LogP contribution is 2.17. The first-order valence-electron chi connectivity index (χ1n) is 9.04. The first-order chi connectivity index (χ1) is 14.5. The fraction of sp³-hybridized carbons (Fsp3) is 0.200. The number of amides is 1. The predicted octanol–water partition coefficient (Wildman–Crippen LogP) is 5.24. The van der Waals surface area contributed by atoms with Crippen molar-refractivity contribution in [2.45, 2.75) is 26.4 Å². The van der Waals surface area contributed by atoms with Gasteiger partial charge in [-0.25, -0.2) is 19.6 Å². The van der Waals surface area contributed by atoms with Crippen molar-refractivity contribution in [3.05, 3.63) is 63.7 Å². The third-order valence-electron chi connectivity index (χ3n) is 3.73. The number of nitrogens with zero attached hydrogens (tertiary/aromatic N) is 4. The van der Waals surface area contributed by atoms with Crippen molar-refractivity contribution in [2.24, 2.45) is 0 Å². The summed E-state index contributed by atoms with van der Waals surface area (Å²) in [7, 11) is 0. The molecule has 2 N–H and O–H groups in total. The second-order valence-corrected chi connectivity index (χ2v) is 8.96. The quantitative estimate of drug-likeness (QED) is 0.329. The lowest BCUT2D eigenvalue weighted by Gasteiger charge is -2.18. The number of rotatable bonds is 2. The molecular weight excluding hydrogens is 534 g/mol. The third kappa shape index (κ3) is 5.82. The van der Waals surface area contributed by atoms with Gasteiger partial charge in [0.15, 0.2) is 11.5 Å². The number of hydrogen-bond donors (Lipinski definition) is 2. The Labute approximate surface area is 194 Å². The molecule has 0 aliphatic heterocycles. The van der Waals surface area contributed by atoms with Crippen molar-refractivity contribution in [1.29, 1.82) is 0 Å². The number of fused-ring (bicyclic) bond motifs is 2. The number of imidazole rings is 2. The monoisotopic (exact) mass is 551 g/mol. The Kier molecular flexibility index (Phi) is 6.65. The van der Waals surface area contributed by atoms with Crippen LogP contribution in [0.2, 0.25) is 0 Å². The van der Waals surface area contributed by atoms with E-state index in [1.807, 2.05) is 49.4 Å². The molecule has 0 radical (unpaired) electrons. The molecule has 0 aromatic carbocycles. The van der Waals surface area contributed by atoms with Crippen LogP contribution in [-0.4, -0.2) is 41.5 Å². The smallest absolute Gasteiger partial charge is 0.413 e. The zero-order valence-electron chi connectivity index (χ0n) is 16.8. The number of hydrogen-bond acceptors (Lipinski definition) is 5. The molecule has 0 saturated carbocycles. The molecule has 4 aromatic rings. The molecule has 162 valence electrons. The van der Waals surface area contributed by atoms with Crippen LogP contribution in [0.5, 0.6) is 0 Å². The van der Waals surface area contributed by atoms with Crippen LogP contribution in [0.3, 0.4) is 0 Å². The predicted molar refractivity (Wildman–Crippen MR) is 123 cm³/mol. The highest BCUT2D eigenvalue weighted by molar-refractivity contribution is 9.10. The van der Waals surface area contributed by atoms with Gasteiger partial charge < -0.3 is 9.84 Å². The Morgan fingerprint density at radius 2 is 1.52 bits per heavy atom. The van der Waals surface area contributed by atoms with E-state index in [2.05, 4.69) is 47.1 Å². The molecule has 4 rings (SSSR count). The van der Waals surface area contributed by atoms with E-state index in [1.54, 1.807) is 22.7 Å². The second-order valence-electron chi connectivity index (χ2n) is 7.34. The SMILES string of the molecule is CC(C)(C)OC(=O)Nc1cn2c(Br)cccc2n1.O=C(O)c1cn2c(Br)cccc2n1. The van der Waals surface area contributed by atoms with Gasteiger partial charge in [0.1, 0.15) is 16.9 Å². The molecule has 31 heavy (non-hydrogen) atoms. The Morgan fingerprint density at radius 3 is 2.00 bits per heavy atom. The summed E-state index contributed by atoms with van der Waals surface area (Å²) in [6.45, 7) is 5.44. The molecule has 0 aliphatic rings. The molecule has 11 heteroatoms. The van der Waals surface area contributed by atoms with Crippen molar-refractivity contribution >= 4 is 61.0 Å². The number of aromatic nitrogens is 4. The van der Waals surface area contributed by atoms with E-state index >= 15 is 0 Å². The van der Waals surface area contributed by atoms with Crippen LogP contribution in [0.4, 0.5) is 10.6 Å². The molecule has 0 unspecified atom stereocenters. The number of carboxylic acids is 1. The second kappa shape index (κ2) is 9.06. The average molecular weight is 553 g/mol. The summed E-state index contributed by atoms with van der Waals surface area (Å²) in [6.07, 6.45) is 2.69. The van der Waals surface area contributed by atoms with Gasteiger partial charge >= 0.3 is 12.1 Å². The number of carboxylic acid groups (broad SMARTS) is 1. The number of aromatic carboxylic acids is 1. The van der Waals surface area contributed by atoms with Gasteiger partial charge in [0.05, 0.1) is 15.4 Å². The van der Waals surface area contributed by atoms with E-state index in [0.29, 0.717) is 11.5 Å². The molecular formula is C20H19Br2N5O4. The number of carbonyl (C=O) groups excluding carboxylic acids is 1. The number of nitrogens with one attached hydrogen (secondary N) is 1.